The van der Waals surface area contributed by atoms with E-state index in [-0.39, 0.29) is 11.3 Å². The van der Waals surface area contributed by atoms with E-state index in [2.05, 4.69) is 13.8 Å². The first kappa shape index (κ1) is 31.0. The molecule has 1 aliphatic heterocycles. The molecule has 2 aromatic carbocycles. The summed E-state index contributed by atoms with van der Waals surface area (Å²) in [6.45, 7) is 10.9. The van der Waals surface area contributed by atoms with Crippen molar-refractivity contribution in [1.82, 2.24) is 9.80 Å². The van der Waals surface area contributed by atoms with Crippen molar-refractivity contribution in [3.63, 3.8) is 0 Å². The van der Waals surface area contributed by atoms with Gasteiger partial charge < -0.3 is 29.1 Å². The second kappa shape index (κ2) is 14.7. The Bertz CT molecular complexity index is 1170. The van der Waals surface area contributed by atoms with Crippen molar-refractivity contribution in [3.8, 4) is 17.2 Å². The number of benzene rings is 2. The van der Waals surface area contributed by atoms with E-state index in [1.54, 1.807) is 29.2 Å². The molecular weight excluding hydrogens is 508 g/mol. The van der Waals surface area contributed by atoms with Crippen LogP contribution in [0.5, 0.6) is 17.2 Å². The Hall–Kier alpha value is -3.52. The molecule has 1 heterocycles. The van der Waals surface area contributed by atoms with E-state index in [1.165, 1.54) is 0 Å². The zero-order chi connectivity index (χ0) is 29.2. The molecule has 0 aliphatic carbocycles. The van der Waals surface area contributed by atoms with Crippen LogP contribution in [0.15, 0.2) is 48.0 Å². The number of carbonyl (C=O) groups excluding carboxylic acids is 2. The number of ether oxygens (including phenoxy) is 3. The van der Waals surface area contributed by atoms with Gasteiger partial charge in [0, 0.05) is 12.1 Å². The van der Waals surface area contributed by atoms with Crippen molar-refractivity contribution in [2.75, 3.05) is 47.0 Å². The molecule has 0 saturated carbocycles. The van der Waals surface area contributed by atoms with Crippen LogP contribution in [0.1, 0.15) is 64.1 Å². The molecule has 3 rings (SSSR count). The second-order valence-electron chi connectivity index (χ2n) is 10.7. The number of likely N-dealkylation sites (tertiary alicyclic amines) is 1. The Kier molecular flexibility index (Phi) is 11.4. The first-order valence-electron chi connectivity index (χ1n) is 14.2. The number of Topliss-reactive ketones (excluding diaryl/α,β-unsaturated/α-hetero) is 1. The zero-order valence-electron chi connectivity index (χ0n) is 24.7. The van der Waals surface area contributed by atoms with Crippen LogP contribution in [-0.2, 0) is 9.59 Å². The van der Waals surface area contributed by atoms with Crippen molar-refractivity contribution in [1.29, 1.82) is 0 Å². The third-order valence-electron chi connectivity index (χ3n) is 6.68. The van der Waals surface area contributed by atoms with Gasteiger partial charge in [-0.1, -0.05) is 26.8 Å². The molecule has 218 valence electrons. The highest BCUT2D eigenvalue weighted by Crippen LogP contribution is 2.42. The average molecular weight is 553 g/mol. The molecule has 8 heteroatoms. The highest BCUT2D eigenvalue weighted by atomic mass is 16.5. The van der Waals surface area contributed by atoms with Crippen molar-refractivity contribution >= 4 is 17.4 Å². The number of hydrogen-bond donors (Lipinski definition) is 1. The molecule has 0 radical (unpaired) electrons. The van der Waals surface area contributed by atoms with Crippen molar-refractivity contribution in [2.24, 2.45) is 5.92 Å². The summed E-state index contributed by atoms with van der Waals surface area (Å²) >= 11 is 0. The second-order valence-corrected chi connectivity index (χ2v) is 10.7. The third kappa shape index (κ3) is 7.78. The summed E-state index contributed by atoms with van der Waals surface area (Å²) in [5, 5.41) is 11.4. The third-order valence-corrected chi connectivity index (χ3v) is 6.68. The molecule has 1 saturated heterocycles. The number of aliphatic hydroxyl groups excluding tert-OH is 1. The molecule has 1 N–H and O–H groups in total. The predicted molar refractivity (Wildman–Crippen MR) is 157 cm³/mol. The molecule has 1 amide bonds. The quantitative estimate of drug-likeness (QED) is 0.173. The van der Waals surface area contributed by atoms with Crippen molar-refractivity contribution in [3.05, 3.63) is 59.2 Å². The fourth-order valence-electron chi connectivity index (χ4n) is 4.59. The van der Waals surface area contributed by atoms with Gasteiger partial charge in [0.15, 0.2) is 11.5 Å². The molecule has 2 aromatic rings. The van der Waals surface area contributed by atoms with Crippen molar-refractivity contribution < 1.29 is 28.9 Å². The minimum atomic E-state index is -0.762. The van der Waals surface area contributed by atoms with Gasteiger partial charge in [0.25, 0.3) is 11.7 Å². The maximum atomic E-state index is 13.4. The lowest BCUT2D eigenvalue weighted by Crippen LogP contribution is -2.32. The topological polar surface area (TPSA) is 88.5 Å². The highest BCUT2D eigenvalue weighted by Gasteiger charge is 2.46. The van der Waals surface area contributed by atoms with Gasteiger partial charge in [-0.3, -0.25) is 9.59 Å². The summed E-state index contributed by atoms with van der Waals surface area (Å²) in [5.41, 5.74) is 1.18. The smallest absolute Gasteiger partial charge is 0.295 e. The average Bonchev–Trinajstić information content (AvgIpc) is 3.17. The van der Waals surface area contributed by atoms with Crippen LogP contribution >= 0.6 is 0 Å². The van der Waals surface area contributed by atoms with Gasteiger partial charge in [-0.25, -0.2) is 0 Å². The molecule has 0 spiro atoms. The number of hydrogen-bond acceptors (Lipinski definition) is 7. The highest BCUT2D eigenvalue weighted by molar-refractivity contribution is 6.46. The first-order chi connectivity index (χ1) is 19.2. The first-order valence-corrected chi connectivity index (χ1v) is 14.2. The lowest BCUT2D eigenvalue weighted by atomic mass is 9.95. The molecule has 40 heavy (non-hydrogen) atoms. The molecule has 1 atom stereocenters. The maximum absolute atomic E-state index is 13.4. The normalized spacial score (nSPS) is 16.7. The Morgan fingerprint density at radius 1 is 0.975 bits per heavy atom. The number of carbonyl (C=O) groups is 2. The molecule has 8 nitrogen and oxygen atoms in total. The van der Waals surface area contributed by atoms with E-state index >= 15 is 0 Å². The van der Waals surface area contributed by atoms with Gasteiger partial charge in [0.05, 0.1) is 31.4 Å². The Balaban J connectivity index is 2.05. The number of aliphatic hydroxyl groups is 1. The van der Waals surface area contributed by atoms with Gasteiger partial charge in [-0.05, 0) is 94.7 Å². The Morgan fingerprint density at radius 3 is 2.33 bits per heavy atom. The number of rotatable bonds is 15. The molecule has 0 aromatic heterocycles. The Morgan fingerprint density at radius 2 is 1.70 bits per heavy atom. The lowest BCUT2D eigenvalue weighted by Gasteiger charge is -2.26. The standard InChI is InChI=1S/C32H44N2O6/c1-7-19-39-25-13-10-23(11-14-25)30(35)28-29(34(32(37)31(28)36)18-9-17-33(5)6)24-12-15-26(27(21-24)38-8-2)40-20-16-22(3)4/h10-15,21-22,29,35H,7-9,16-20H2,1-6H3/b30-28+. The van der Waals surface area contributed by atoms with Gasteiger partial charge in [0.1, 0.15) is 11.5 Å². The number of ketones is 1. The van der Waals surface area contributed by atoms with Crippen LogP contribution in [0.4, 0.5) is 0 Å². The van der Waals surface area contributed by atoms with E-state index in [1.807, 2.05) is 51.0 Å². The molecular formula is C32H44N2O6. The van der Waals surface area contributed by atoms with Crippen LogP contribution in [0.3, 0.4) is 0 Å². The summed E-state index contributed by atoms with van der Waals surface area (Å²) in [5.74, 6) is 0.795. The minimum Gasteiger partial charge on any atom is -0.507 e. The van der Waals surface area contributed by atoms with Gasteiger partial charge in [0.2, 0.25) is 0 Å². The largest absolute Gasteiger partial charge is 0.507 e. The van der Waals surface area contributed by atoms with Crippen LogP contribution in [0.2, 0.25) is 0 Å². The van der Waals surface area contributed by atoms with Crippen LogP contribution in [0, 0.1) is 5.92 Å². The summed E-state index contributed by atoms with van der Waals surface area (Å²) < 4.78 is 17.6. The van der Waals surface area contributed by atoms with Crippen LogP contribution in [-0.4, -0.2) is 73.6 Å². The summed E-state index contributed by atoms with van der Waals surface area (Å²) in [4.78, 5) is 30.3. The molecule has 1 unspecified atom stereocenters. The van der Waals surface area contributed by atoms with Gasteiger partial charge >= 0.3 is 0 Å². The zero-order valence-corrected chi connectivity index (χ0v) is 24.7. The molecule has 1 fully saturated rings. The fraction of sp³-hybridized carbons (Fsp3) is 0.500. The maximum Gasteiger partial charge on any atom is 0.295 e. The lowest BCUT2D eigenvalue weighted by molar-refractivity contribution is -0.139. The summed E-state index contributed by atoms with van der Waals surface area (Å²) in [6.07, 6.45) is 2.46. The van der Waals surface area contributed by atoms with E-state index in [9.17, 15) is 14.7 Å². The predicted octanol–water partition coefficient (Wildman–Crippen LogP) is 5.67. The van der Waals surface area contributed by atoms with Crippen LogP contribution < -0.4 is 14.2 Å². The minimum absolute atomic E-state index is 0.0630. The number of amides is 1. The number of nitrogens with zero attached hydrogens (tertiary/aromatic N) is 2. The van der Waals surface area contributed by atoms with Crippen LogP contribution in [0.25, 0.3) is 5.76 Å². The summed E-state index contributed by atoms with van der Waals surface area (Å²) in [6, 6.07) is 11.6. The van der Waals surface area contributed by atoms with E-state index < -0.39 is 17.7 Å². The summed E-state index contributed by atoms with van der Waals surface area (Å²) in [7, 11) is 3.93. The van der Waals surface area contributed by atoms with Gasteiger partial charge in [-0.2, -0.15) is 0 Å². The van der Waals surface area contributed by atoms with Gasteiger partial charge in [-0.15, -0.1) is 0 Å². The molecule has 0 bridgehead atoms. The Labute approximate surface area is 238 Å². The SMILES string of the molecule is CCCOc1ccc(/C(O)=C2\C(=O)C(=O)N(CCCN(C)C)C2c2ccc(OCCC(C)C)c(OCC)c2)cc1. The van der Waals surface area contributed by atoms with E-state index in [4.69, 9.17) is 14.2 Å². The fourth-order valence-corrected chi connectivity index (χ4v) is 4.59. The van der Waals surface area contributed by atoms with Crippen molar-refractivity contribution in [2.45, 2.75) is 53.0 Å². The monoisotopic (exact) mass is 552 g/mol. The van der Waals surface area contributed by atoms with E-state index in [0.717, 1.165) is 19.4 Å². The van der Waals surface area contributed by atoms with E-state index in [0.29, 0.717) is 67.1 Å². The molecule has 1 aliphatic rings.